The summed E-state index contributed by atoms with van der Waals surface area (Å²) in [6.07, 6.45) is 0.949. The van der Waals surface area contributed by atoms with E-state index in [1.54, 1.807) is 37.8 Å². The molecule has 0 bridgehead atoms. The third-order valence-electron chi connectivity index (χ3n) is 9.31. The number of hydrogen-bond donors (Lipinski definition) is 4. The molecule has 2 aromatic rings. The smallest absolute Gasteiger partial charge is 0.408 e. The third kappa shape index (κ3) is 10.9. The summed E-state index contributed by atoms with van der Waals surface area (Å²) >= 11 is 0. The van der Waals surface area contributed by atoms with E-state index in [-0.39, 0.29) is 38.5 Å². The maximum absolute atomic E-state index is 14.1. The van der Waals surface area contributed by atoms with E-state index < -0.39 is 62.5 Å². The van der Waals surface area contributed by atoms with E-state index in [0.717, 1.165) is 11.1 Å². The van der Waals surface area contributed by atoms with Crippen molar-refractivity contribution in [3.05, 3.63) is 65.7 Å². The van der Waals surface area contributed by atoms with Gasteiger partial charge in [0.25, 0.3) is 0 Å². The summed E-state index contributed by atoms with van der Waals surface area (Å²) in [6.45, 7) is 8.77. The number of para-hydroxylation sites is 1. The fraction of sp³-hybridized carbons (Fsp3) is 0.541. The Morgan fingerprint density at radius 2 is 1.53 bits per heavy atom. The second-order valence-electron chi connectivity index (χ2n) is 15.2. The summed E-state index contributed by atoms with van der Waals surface area (Å²) in [5, 5.41) is 7.83. The van der Waals surface area contributed by atoms with E-state index in [2.05, 4.69) is 16.0 Å². The van der Waals surface area contributed by atoms with Crippen LogP contribution in [0.15, 0.2) is 54.6 Å². The molecule has 1 fully saturated rings. The number of rotatable bonds is 14. The van der Waals surface area contributed by atoms with Crippen LogP contribution < -0.4 is 26.0 Å². The predicted octanol–water partition coefficient (Wildman–Crippen LogP) is 2.08. The minimum Gasteiger partial charge on any atom is -0.444 e. The van der Waals surface area contributed by atoms with E-state index in [0.29, 0.717) is 31.6 Å². The molecule has 2 aromatic carbocycles. The van der Waals surface area contributed by atoms with E-state index in [1.807, 2.05) is 42.5 Å². The van der Waals surface area contributed by atoms with Crippen molar-refractivity contribution >= 4 is 45.4 Å². The number of nitrogens with one attached hydrogen (secondary N) is 3. The van der Waals surface area contributed by atoms with Crippen molar-refractivity contribution in [1.82, 2.24) is 20.9 Å². The zero-order valence-electron chi connectivity index (χ0n) is 31.3. The number of primary amides is 1. The van der Waals surface area contributed by atoms with E-state index in [1.165, 1.54) is 24.4 Å². The lowest BCUT2D eigenvalue weighted by Crippen LogP contribution is -2.63. The van der Waals surface area contributed by atoms with Crippen molar-refractivity contribution in [2.45, 2.75) is 95.5 Å². The van der Waals surface area contributed by atoms with Crippen LogP contribution in [0.3, 0.4) is 0 Å². The number of alkyl carbamates (subject to hydrolysis) is 1. The summed E-state index contributed by atoms with van der Waals surface area (Å²) in [4.78, 5) is 67.0. The van der Waals surface area contributed by atoms with Crippen LogP contribution in [0.2, 0.25) is 0 Å². The number of likely N-dealkylation sites (tertiary alicyclic amines) is 1. The van der Waals surface area contributed by atoms with Crippen molar-refractivity contribution < 1.29 is 41.9 Å². The Balaban J connectivity index is 1.48. The van der Waals surface area contributed by atoms with Gasteiger partial charge in [-0.25, -0.2) is 13.2 Å². The van der Waals surface area contributed by atoms with Gasteiger partial charge >= 0.3 is 6.09 Å². The summed E-state index contributed by atoms with van der Waals surface area (Å²) < 4.78 is 38.0. The summed E-state index contributed by atoms with van der Waals surface area (Å²) in [6, 6.07) is 14.4. The highest BCUT2D eigenvalue weighted by Crippen LogP contribution is 2.47. The number of hydrogen-bond acceptors (Lipinski definition) is 9. The molecule has 0 saturated carbocycles. The first-order chi connectivity index (χ1) is 24.7. The highest BCUT2D eigenvalue weighted by molar-refractivity contribution is 7.92. The van der Waals surface area contributed by atoms with Gasteiger partial charge in [0.05, 0.1) is 25.2 Å². The SMILES string of the molecule is CC(C)(C)OC(=O)N[C@@H](CCC(N)=O)C(=O)NC(C)(C)C(=O)N[C@H](COCc1ccccc1)C(=O)N1CCC2(CC1)CN(S(C)(=O)=O)c1ccccc12. The second-order valence-corrected chi connectivity index (χ2v) is 17.1. The van der Waals surface area contributed by atoms with Gasteiger partial charge < -0.3 is 36.1 Å². The zero-order chi connectivity index (χ0) is 39.2. The lowest BCUT2D eigenvalue weighted by atomic mass is 9.74. The first kappa shape index (κ1) is 41.1. The van der Waals surface area contributed by atoms with Crippen LogP contribution in [-0.4, -0.2) is 98.8 Å². The Labute approximate surface area is 311 Å². The number of piperidine rings is 1. The van der Waals surface area contributed by atoms with Crippen LogP contribution in [0.1, 0.15) is 71.4 Å². The third-order valence-corrected chi connectivity index (χ3v) is 10.4. The van der Waals surface area contributed by atoms with Gasteiger partial charge in [-0.2, -0.15) is 0 Å². The number of sulfonamides is 1. The van der Waals surface area contributed by atoms with E-state index in [9.17, 15) is 32.4 Å². The molecule has 1 spiro atoms. The molecule has 2 aliphatic heterocycles. The molecule has 0 radical (unpaired) electrons. The minimum atomic E-state index is -3.52. The van der Waals surface area contributed by atoms with Gasteiger partial charge in [0.1, 0.15) is 23.2 Å². The van der Waals surface area contributed by atoms with Gasteiger partial charge in [-0.05, 0) is 71.1 Å². The molecule has 2 aliphatic rings. The van der Waals surface area contributed by atoms with Gasteiger partial charge in [0.2, 0.25) is 33.7 Å². The molecule has 1 saturated heterocycles. The molecule has 0 aliphatic carbocycles. The van der Waals surface area contributed by atoms with E-state index >= 15 is 0 Å². The Hall–Kier alpha value is -4.70. The Morgan fingerprint density at radius 3 is 2.13 bits per heavy atom. The molecule has 5 amide bonds. The molecule has 15 nitrogen and oxygen atoms in total. The molecule has 2 atom stereocenters. The number of amides is 5. The molecule has 5 N–H and O–H groups in total. The number of benzene rings is 2. The van der Waals surface area contributed by atoms with Crippen molar-refractivity contribution in [3.63, 3.8) is 0 Å². The number of nitrogens with two attached hydrogens (primary N) is 1. The zero-order valence-corrected chi connectivity index (χ0v) is 32.1. The molecule has 0 aromatic heterocycles. The normalized spacial score (nSPS) is 16.6. The number of fused-ring (bicyclic) bond motifs is 2. The number of carbonyl (C=O) groups is 5. The number of ether oxygens (including phenoxy) is 2. The lowest BCUT2D eigenvalue weighted by molar-refractivity contribution is -0.141. The lowest BCUT2D eigenvalue weighted by Gasteiger charge is -2.41. The molecular weight excluding hydrogens is 705 g/mol. The fourth-order valence-electron chi connectivity index (χ4n) is 6.52. The fourth-order valence-corrected chi connectivity index (χ4v) is 7.52. The monoisotopic (exact) mass is 756 g/mol. The second kappa shape index (κ2) is 16.5. The first-order valence-electron chi connectivity index (χ1n) is 17.6. The predicted molar refractivity (Wildman–Crippen MR) is 198 cm³/mol. The molecule has 0 unspecified atom stereocenters. The Morgan fingerprint density at radius 1 is 0.906 bits per heavy atom. The first-order valence-corrected chi connectivity index (χ1v) is 19.4. The summed E-state index contributed by atoms with van der Waals surface area (Å²) in [5.41, 5.74) is 4.83. The van der Waals surface area contributed by atoms with Crippen LogP contribution in [0.4, 0.5) is 10.5 Å². The van der Waals surface area contributed by atoms with Crippen molar-refractivity contribution in [1.29, 1.82) is 0 Å². The standard InChI is InChI=1S/C37H52N6O9S/c1-35(2,3)52-34(48)40-27(16-17-30(38)44)31(45)41-36(4,5)33(47)39-28(23-51-22-25-12-8-7-9-13-25)32(46)42-20-18-37(19-21-42)24-43(53(6,49)50)29-15-11-10-14-26(29)37/h7-15,27-28H,16-24H2,1-6H3,(H2,38,44)(H,39,47)(H,40,48)(H,41,45)/t27-,28+/m0/s1. The molecule has 53 heavy (non-hydrogen) atoms. The Bertz CT molecular complexity index is 1770. The van der Waals surface area contributed by atoms with Crippen LogP contribution in [0, 0.1) is 0 Å². The molecule has 290 valence electrons. The average Bonchev–Trinajstić information content (AvgIpc) is 3.39. The van der Waals surface area contributed by atoms with Gasteiger partial charge in [0.15, 0.2) is 0 Å². The van der Waals surface area contributed by atoms with Crippen molar-refractivity contribution in [2.24, 2.45) is 5.73 Å². The molecule has 4 rings (SSSR count). The van der Waals surface area contributed by atoms with Crippen LogP contribution in [0.25, 0.3) is 0 Å². The minimum absolute atomic E-state index is 0.143. The highest BCUT2D eigenvalue weighted by Gasteiger charge is 2.48. The average molecular weight is 757 g/mol. The summed E-state index contributed by atoms with van der Waals surface area (Å²) in [7, 11) is -3.52. The van der Waals surface area contributed by atoms with Crippen LogP contribution >= 0.6 is 0 Å². The van der Waals surface area contributed by atoms with Gasteiger partial charge in [-0.3, -0.25) is 23.5 Å². The molecular formula is C37H52N6O9S. The summed E-state index contributed by atoms with van der Waals surface area (Å²) in [5.74, 6) is -2.53. The van der Waals surface area contributed by atoms with Gasteiger partial charge in [-0.1, -0.05) is 48.5 Å². The van der Waals surface area contributed by atoms with Crippen molar-refractivity contribution in [2.75, 3.05) is 36.8 Å². The van der Waals surface area contributed by atoms with Crippen molar-refractivity contribution in [3.8, 4) is 0 Å². The molecule has 2 heterocycles. The molecule has 16 heteroatoms. The van der Waals surface area contributed by atoms with Gasteiger partial charge in [0, 0.05) is 31.5 Å². The highest BCUT2D eigenvalue weighted by atomic mass is 32.2. The maximum atomic E-state index is 14.1. The van der Waals surface area contributed by atoms with Gasteiger partial charge in [-0.15, -0.1) is 0 Å². The Kier molecular flexibility index (Phi) is 12.8. The van der Waals surface area contributed by atoms with Crippen LogP contribution in [0.5, 0.6) is 0 Å². The van der Waals surface area contributed by atoms with Crippen LogP contribution in [-0.2, 0) is 50.7 Å². The topological polar surface area (TPSA) is 207 Å². The quantitative estimate of drug-likeness (QED) is 0.222. The number of carbonyl (C=O) groups excluding carboxylic acids is 5. The van der Waals surface area contributed by atoms with E-state index in [4.69, 9.17) is 15.2 Å². The largest absolute Gasteiger partial charge is 0.444 e. The number of nitrogens with zero attached hydrogens (tertiary/aromatic N) is 2. The number of anilines is 1. The maximum Gasteiger partial charge on any atom is 0.408 e.